The molecule has 0 aliphatic heterocycles. The van der Waals surface area contributed by atoms with Gasteiger partial charge in [-0.3, -0.25) is 0 Å². The standard InChI is InChI=1S/C17H13NS/c1-11-8-9-19-17(11)12-6-7-14-13-4-2-3-5-15(13)18-16(14)10-12/h2-10,18H,1H3. The number of fused-ring (bicyclic) bond motifs is 3. The SMILES string of the molecule is Cc1ccsc1-c1ccc2c(c1)[nH]c1ccccc12. The molecule has 0 unspecified atom stereocenters. The number of nitrogens with one attached hydrogen (secondary N) is 1. The maximum atomic E-state index is 3.50. The second-order valence-corrected chi connectivity index (χ2v) is 5.78. The van der Waals surface area contributed by atoms with Crippen molar-refractivity contribution >= 4 is 33.1 Å². The van der Waals surface area contributed by atoms with E-state index in [0.29, 0.717) is 0 Å². The molecule has 0 fully saturated rings. The van der Waals surface area contributed by atoms with Crippen LogP contribution in [0.3, 0.4) is 0 Å². The first kappa shape index (κ1) is 10.8. The van der Waals surface area contributed by atoms with Crippen molar-refractivity contribution in [2.24, 2.45) is 0 Å². The van der Waals surface area contributed by atoms with E-state index < -0.39 is 0 Å². The molecule has 0 radical (unpaired) electrons. The number of aryl methyl sites for hydroxylation is 1. The number of benzene rings is 2. The Morgan fingerprint density at radius 1 is 0.895 bits per heavy atom. The highest BCUT2D eigenvalue weighted by molar-refractivity contribution is 7.13. The number of aromatic amines is 1. The van der Waals surface area contributed by atoms with Crippen LogP contribution in [0.15, 0.2) is 53.9 Å². The van der Waals surface area contributed by atoms with E-state index in [-0.39, 0.29) is 0 Å². The summed E-state index contributed by atoms with van der Waals surface area (Å²) in [4.78, 5) is 4.87. The van der Waals surface area contributed by atoms with Crippen molar-refractivity contribution in [3.63, 3.8) is 0 Å². The lowest BCUT2D eigenvalue weighted by Crippen LogP contribution is -1.76. The molecule has 0 saturated carbocycles. The summed E-state index contributed by atoms with van der Waals surface area (Å²) in [6.45, 7) is 2.17. The van der Waals surface area contributed by atoms with Gasteiger partial charge in [0.2, 0.25) is 0 Å². The minimum Gasteiger partial charge on any atom is -0.354 e. The second kappa shape index (κ2) is 3.97. The van der Waals surface area contributed by atoms with Crippen LogP contribution in [-0.4, -0.2) is 4.98 Å². The summed E-state index contributed by atoms with van der Waals surface area (Å²) >= 11 is 1.80. The summed E-state index contributed by atoms with van der Waals surface area (Å²) in [6.07, 6.45) is 0. The van der Waals surface area contributed by atoms with Gasteiger partial charge in [0.15, 0.2) is 0 Å². The van der Waals surface area contributed by atoms with Crippen LogP contribution in [-0.2, 0) is 0 Å². The van der Waals surface area contributed by atoms with Crippen LogP contribution < -0.4 is 0 Å². The number of H-pyrrole nitrogens is 1. The first-order chi connectivity index (χ1) is 9.33. The van der Waals surface area contributed by atoms with Crippen LogP contribution in [0.1, 0.15) is 5.56 Å². The molecule has 92 valence electrons. The number of hydrogen-bond acceptors (Lipinski definition) is 1. The lowest BCUT2D eigenvalue weighted by atomic mass is 10.1. The first-order valence-corrected chi connectivity index (χ1v) is 7.26. The molecule has 19 heavy (non-hydrogen) atoms. The molecule has 0 bridgehead atoms. The lowest BCUT2D eigenvalue weighted by molar-refractivity contribution is 1.52. The Bertz CT molecular complexity index is 882. The van der Waals surface area contributed by atoms with Crippen LogP contribution in [0, 0.1) is 6.92 Å². The fourth-order valence-corrected chi connectivity index (χ4v) is 3.59. The molecule has 1 N–H and O–H groups in total. The average molecular weight is 263 g/mol. The monoisotopic (exact) mass is 263 g/mol. The van der Waals surface area contributed by atoms with Crippen LogP contribution in [0.25, 0.3) is 32.2 Å². The minimum atomic E-state index is 1.21. The molecule has 4 rings (SSSR count). The van der Waals surface area contributed by atoms with E-state index in [9.17, 15) is 0 Å². The Hall–Kier alpha value is -2.06. The van der Waals surface area contributed by atoms with Crippen LogP contribution in [0.5, 0.6) is 0 Å². The highest BCUT2D eigenvalue weighted by atomic mass is 32.1. The second-order valence-electron chi connectivity index (χ2n) is 4.86. The van der Waals surface area contributed by atoms with E-state index >= 15 is 0 Å². The van der Waals surface area contributed by atoms with E-state index in [1.165, 1.54) is 37.8 Å². The van der Waals surface area contributed by atoms with Crippen molar-refractivity contribution < 1.29 is 0 Å². The number of para-hydroxylation sites is 1. The van der Waals surface area contributed by atoms with Crippen molar-refractivity contribution in [3.05, 3.63) is 59.5 Å². The topological polar surface area (TPSA) is 15.8 Å². The minimum absolute atomic E-state index is 1.21. The van der Waals surface area contributed by atoms with Gasteiger partial charge < -0.3 is 4.98 Å². The van der Waals surface area contributed by atoms with Crippen LogP contribution >= 0.6 is 11.3 Å². The largest absolute Gasteiger partial charge is 0.354 e. The Balaban J connectivity index is 2.02. The van der Waals surface area contributed by atoms with Gasteiger partial charge in [-0.2, -0.15) is 0 Å². The molecule has 2 aromatic heterocycles. The van der Waals surface area contributed by atoms with Crippen LogP contribution in [0.4, 0.5) is 0 Å². The van der Waals surface area contributed by atoms with Gasteiger partial charge in [0.05, 0.1) is 0 Å². The molecule has 4 aromatic rings. The van der Waals surface area contributed by atoms with Gasteiger partial charge >= 0.3 is 0 Å². The van der Waals surface area contributed by atoms with E-state index in [4.69, 9.17) is 0 Å². The molecule has 0 saturated heterocycles. The van der Waals surface area contributed by atoms with E-state index in [1.807, 2.05) is 0 Å². The van der Waals surface area contributed by atoms with Gasteiger partial charge in [0.1, 0.15) is 0 Å². The van der Waals surface area contributed by atoms with Crippen molar-refractivity contribution in [3.8, 4) is 10.4 Å². The van der Waals surface area contributed by atoms with Crippen molar-refractivity contribution in [1.29, 1.82) is 0 Å². The van der Waals surface area contributed by atoms with Crippen LogP contribution in [0.2, 0.25) is 0 Å². The summed E-state index contributed by atoms with van der Waals surface area (Å²) in [5.74, 6) is 0. The zero-order valence-electron chi connectivity index (χ0n) is 10.6. The number of aromatic nitrogens is 1. The van der Waals surface area contributed by atoms with E-state index in [2.05, 4.69) is 65.8 Å². The van der Waals surface area contributed by atoms with Gasteiger partial charge in [-0.1, -0.05) is 30.3 Å². The molecule has 0 aliphatic rings. The highest BCUT2D eigenvalue weighted by Crippen LogP contribution is 2.33. The Morgan fingerprint density at radius 3 is 2.58 bits per heavy atom. The predicted molar refractivity (Wildman–Crippen MR) is 83.9 cm³/mol. The summed E-state index contributed by atoms with van der Waals surface area (Å²) in [6, 6.07) is 17.3. The maximum absolute atomic E-state index is 3.50. The van der Waals surface area contributed by atoms with E-state index in [1.54, 1.807) is 11.3 Å². The molecule has 2 heterocycles. The zero-order valence-corrected chi connectivity index (χ0v) is 11.4. The molecule has 1 nitrogen and oxygen atoms in total. The van der Waals surface area contributed by atoms with Gasteiger partial charge in [0.25, 0.3) is 0 Å². The fraction of sp³-hybridized carbons (Fsp3) is 0.0588. The van der Waals surface area contributed by atoms with Gasteiger partial charge in [-0.15, -0.1) is 11.3 Å². The molecular formula is C17H13NS. The smallest absolute Gasteiger partial charge is 0.0471 e. The number of thiophene rings is 1. The molecule has 0 atom stereocenters. The summed E-state index contributed by atoms with van der Waals surface area (Å²) in [5, 5.41) is 4.75. The quantitative estimate of drug-likeness (QED) is 0.476. The molecule has 0 aliphatic carbocycles. The zero-order chi connectivity index (χ0) is 12.8. The average Bonchev–Trinajstić information content (AvgIpc) is 3.01. The predicted octanol–water partition coefficient (Wildman–Crippen LogP) is 5.36. The van der Waals surface area contributed by atoms with Crippen molar-refractivity contribution in [1.82, 2.24) is 4.98 Å². The van der Waals surface area contributed by atoms with E-state index in [0.717, 1.165) is 0 Å². The molecule has 0 amide bonds. The van der Waals surface area contributed by atoms with Crippen molar-refractivity contribution in [2.75, 3.05) is 0 Å². The Labute approximate surface area is 115 Å². The number of hydrogen-bond donors (Lipinski definition) is 1. The number of rotatable bonds is 1. The van der Waals surface area contributed by atoms with Gasteiger partial charge in [-0.25, -0.2) is 0 Å². The lowest BCUT2D eigenvalue weighted by Gasteiger charge is -2.00. The van der Waals surface area contributed by atoms with Gasteiger partial charge in [0, 0.05) is 26.7 Å². The molecule has 2 heteroatoms. The molecule has 0 spiro atoms. The fourth-order valence-electron chi connectivity index (χ4n) is 2.66. The molecular weight excluding hydrogens is 250 g/mol. The first-order valence-electron chi connectivity index (χ1n) is 6.38. The third-order valence-electron chi connectivity index (χ3n) is 3.63. The third-order valence-corrected chi connectivity index (χ3v) is 4.70. The normalized spacial score (nSPS) is 11.4. The summed E-state index contributed by atoms with van der Waals surface area (Å²) < 4.78 is 0. The summed E-state index contributed by atoms with van der Waals surface area (Å²) in [5.41, 5.74) is 5.07. The highest BCUT2D eigenvalue weighted by Gasteiger charge is 2.07. The summed E-state index contributed by atoms with van der Waals surface area (Å²) in [7, 11) is 0. The molecule has 2 aromatic carbocycles. The van der Waals surface area contributed by atoms with Gasteiger partial charge in [-0.05, 0) is 41.6 Å². The Morgan fingerprint density at radius 2 is 1.74 bits per heavy atom. The maximum Gasteiger partial charge on any atom is 0.0471 e. The third kappa shape index (κ3) is 1.60. The Kier molecular flexibility index (Phi) is 2.26. The van der Waals surface area contributed by atoms with Crippen molar-refractivity contribution in [2.45, 2.75) is 6.92 Å².